The Morgan fingerprint density at radius 2 is 1.81 bits per heavy atom. The number of piperazine rings is 1. The third kappa shape index (κ3) is 3.96. The van der Waals surface area contributed by atoms with Crippen LogP contribution in [0.2, 0.25) is 0 Å². The van der Waals surface area contributed by atoms with Crippen LogP contribution in [0.4, 0.5) is 0 Å². The van der Waals surface area contributed by atoms with Gasteiger partial charge in [0.1, 0.15) is 6.04 Å². The summed E-state index contributed by atoms with van der Waals surface area (Å²) in [6, 6.07) is 4.53. The summed E-state index contributed by atoms with van der Waals surface area (Å²) in [5, 5.41) is 11.9. The highest BCUT2D eigenvalue weighted by Crippen LogP contribution is 2.22. The highest BCUT2D eigenvalue weighted by Gasteiger charge is 2.33. The molecule has 2 heterocycles. The van der Waals surface area contributed by atoms with E-state index in [0.29, 0.717) is 13.0 Å². The van der Waals surface area contributed by atoms with Crippen molar-refractivity contribution in [1.82, 2.24) is 14.5 Å². The Bertz CT molecular complexity index is 852. The predicted octanol–water partition coefficient (Wildman–Crippen LogP) is -0.114. The van der Waals surface area contributed by atoms with E-state index in [9.17, 15) is 27.9 Å². The summed E-state index contributed by atoms with van der Waals surface area (Å²) in [6.45, 7) is 0.554. The molecule has 0 saturated carbocycles. The second kappa shape index (κ2) is 7.65. The van der Waals surface area contributed by atoms with Gasteiger partial charge in [-0.05, 0) is 43.5 Å². The lowest BCUT2D eigenvalue weighted by molar-refractivity contribution is -0.143. The standard InChI is InChI=1S/C17H21N3O6S/c21-15-11-19(10-8-18-15)27(25,26)13-6-4-12(5-7-13)16(22)20-9-2-1-3-14(20)17(23)24/h4-7,14H,1-3,8-11H2,(H,18,21)(H,23,24)/t14-/m1/s1. The van der Waals surface area contributed by atoms with Gasteiger partial charge in [0.15, 0.2) is 0 Å². The van der Waals surface area contributed by atoms with Crippen molar-refractivity contribution in [2.45, 2.75) is 30.2 Å². The van der Waals surface area contributed by atoms with Crippen molar-refractivity contribution in [1.29, 1.82) is 0 Å². The molecule has 1 aromatic rings. The van der Waals surface area contributed by atoms with Crippen molar-refractivity contribution in [3.8, 4) is 0 Å². The molecule has 0 unspecified atom stereocenters. The molecule has 1 atom stereocenters. The van der Waals surface area contributed by atoms with Gasteiger partial charge in [-0.25, -0.2) is 13.2 Å². The number of aliphatic carboxylic acids is 1. The Hall–Kier alpha value is -2.46. The van der Waals surface area contributed by atoms with Crippen molar-refractivity contribution in [2.75, 3.05) is 26.2 Å². The molecule has 0 bridgehead atoms. The van der Waals surface area contributed by atoms with E-state index in [2.05, 4.69) is 5.32 Å². The molecular formula is C17H21N3O6S. The summed E-state index contributed by atoms with van der Waals surface area (Å²) in [5.74, 6) is -1.82. The van der Waals surface area contributed by atoms with Crippen LogP contribution >= 0.6 is 0 Å². The summed E-state index contributed by atoms with van der Waals surface area (Å²) in [6.07, 6.45) is 1.89. The maximum Gasteiger partial charge on any atom is 0.326 e. The van der Waals surface area contributed by atoms with E-state index < -0.39 is 27.9 Å². The fraction of sp³-hybridized carbons (Fsp3) is 0.471. The molecular weight excluding hydrogens is 374 g/mol. The normalized spacial score (nSPS) is 21.6. The first kappa shape index (κ1) is 19.3. The molecule has 0 spiro atoms. The van der Waals surface area contributed by atoms with E-state index in [0.717, 1.165) is 17.1 Å². The molecule has 3 rings (SSSR count). The quantitative estimate of drug-likeness (QED) is 0.733. The number of piperidine rings is 1. The van der Waals surface area contributed by atoms with Crippen LogP contribution < -0.4 is 5.32 Å². The summed E-state index contributed by atoms with van der Waals surface area (Å²) in [4.78, 5) is 36.8. The van der Waals surface area contributed by atoms with Gasteiger partial charge in [0.2, 0.25) is 15.9 Å². The van der Waals surface area contributed by atoms with E-state index in [1.165, 1.54) is 29.2 Å². The second-order valence-electron chi connectivity index (χ2n) is 6.56. The average Bonchev–Trinajstić information content (AvgIpc) is 2.67. The minimum Gasteiger partial charge on any atom is -0.480 e. The lowest BCUT2D eigenvalue weighted by Crippen LogP contribution is -2.49. The van der Waals surface area contributed by atoms with Crippen LogP contribution in [0.5, 0.6) is 0 Å². The fourth-order valence-electron chi connectivity index (χ4n) is 3.34. The van der Waals surface area contributed by atoms with Crippen LogP contribution in [0.15, 0.2) is 29.2 Å². The number of nitrogens with zero attached hydrogens (tertiary/aromatic N) is 2. The number of carbonyl (C=O) groups is 3. The molecule has 2 saturated heterocycles. The number of benzene rings is 1. The smallest absolute Gasteiger partial charge is 0.326 e. The first-order valence-electron chi connectivity index (χ1n) is 8.71. The highest BCUT2D eigenvalue weighted by atomic mass is 32.2. The van der Waals surface area contributed by atoms with Gasteiger partial charge in [-0.1, -0.05) is 0 Å². The molecule has 0 radical (unpaired) electrons. The molecule has 2 aliphatic heterocycles. The van der Waals surface area contributed by atoms with Gasteiger partial charge in [-0.15, -0.1) is 0 Å². The van der Waals surface area contributed by atoms with E-state index in [1.807, 2.05) is 0 Å². The monoisotopic (exact) mass is 395 g/mol. The van der Waals surface area contributed by atoms with Crippen LogP contribution in [-0.4, -0.2) is 72.7 Å². The van der Waals surface area contributed by atoms with Crippen LogP contribution in [0.3, 0.4) is 0 Å². The largest absolute Gasteiger partial charge is 0.480 e. The number of amides is 2. The minimum absolute atomic E-state index is 0.0119. The Morgan fingerprint density at radius 3 is 2.44 bits per heavy atom. The van der Waals surface area contributed by atoms with Crippen LogP contribution in [0.1, 0.15) is 29.6 Å². The van der Waals surface area contributed by atoms with Crippen LogP contribution in [0, 0.1) is 0 Å². The molecule has 2 aliphatic rings. The van der Waals surface area contributed by atoms with E-state index in [-0.39, 0.29) is 36.0 Å². The molecule has 0 aromatic heterocycles. The van der Waals surface area contributed by atoms with Gasteiger partial charge >= 0.3 is 5.97 Å². The van der Waals surface area contributed by atoms with Gasteiger partial charge in [0.05, 0.1) is 11.4 Å². The van der Waals surface area contributed by atoms with Crippen LogP contribution in [0.25, 0.3) is 0 Å². The zero-order chi connectivity index (χ0) is 19.6. The maximum atomic E-state index is 12.7. The number of carbonyl (C=O) groups excluding carboxylic acids is 2. The molecule has 2 amide bonds. The minimum atomic E-state index is -3.83. The summed E-state index contributed by atoms with van der Waals surface area (Å²) in [5.41, 5.74) is 0.235. The molecule has 10 heteroatoms. The first-order valence-corrected chi connectivity index (χ1v) is 10.2. The molecule has 0 aliphatic carbocycles. The average molecular weight is 395 g/mol. The zero-order valence-corrected chi connectivity index (χ0v) is 15.4. The van der Waals surface area contributed by atoms with E-state index in [4.69, 9.17) is 0 Å². The van der Waals surface area contributed by atoms with E-state index in [1.54, 1.807) is 0 Å². The van der Waals surface area contributed by atoms with E-state index >= 15 is 0 Å². The molecule has 2 fully saturated rings. The number of nitrogens with one attached hydrogen (secondary N) is 1. The molecule has 1 aromatic carbocycles. The number of hydrogen-bond acceptors (Lipinski definition) is 5. The van der Waals surface area contributed by atoms with Crippen molar-refractivity contribution in [2.24, 2.45) is 0 Å². The second-order valence-corrected chi connectivity index (χ2v) is 8.50. The third-order valence-electron chi connectivity index (χ3n) is 4.79. The predicted molar refractivity (Wildman–Crippen MR) is 94.5 cm³/mol. The van der Waals surface area contributed by atoms with Gasteiger partial charge in [0.25, 0.3) is 5.91 Å². The van der Waals surface area contributed by atoms with Gasteiger partial charge in [-0.3, -0.25) is 9.59 Å². The van der Waals surface area contributed by atoms with Crippen molar-refractivity contribution in [3.05, 3.63) is 29.8 Å². The number of likely N-dealkylation sites (tertiary alicyclic amines) is 1. The maximum absolute atomic E-state index is 12.7. The molecule has 27 heavy (non-hydrogen) atoms. The Kier molecular flexibility index (Phi) is 5.47. The number of carboxylic acid groups (broad SMARTS) is 1. The number of sulfonamides is 1. The van der Waals surface area contributed by atoms with Gasteiger partial charge < -0.3 is 15.3 Å². The Balaban J connectivity index is 1.79. The summed E-state index contributed by atoms with van der Waals surface area (Å²) in [7, 11) is -3.83. The van der Waals surface area contributed by atoms with Crippen molar-refractivity contribution >= 4 is 27.8 Å². The summed E-state index contributed by atoms with van der Waals surface area (Å²) < 4.78 is 26.4. The number of rotatable bonds is 4. The molecule has 2 N–H and O–H groups in total. The van der Waals surface area contributed by atoms with Crippen molar-refractivity contribution < 1.29 is 27.9 Å². The first-order chi connectivity index (χ1) is 12.8. The highest BCUT2D eigenvalue weighted by molar-refractivity contribution is 7.89. The molecule has 146 valence electrons. The fourth-order valence-corrected chi connectivity index (χ4v) is 4.73. The van der Waals surface area contributed by atoms with Gasteiger partial charge in [0, 0.05) is 25.2 Å². The lowest BCUT2D eigenvalue weighted by Gasteiger charge is -2.33. The summed E-state index contributed by atoms with van der Waals surface area (Å²) >= 11 is 0. The Morgan fingerprint density at radius 1 is 1.11 bits per heavy atom. The Labute approximate surface area is 157 Å². The topological polar surface area (TPSA) is 124 Å². The van der Waals surface area contributed by atoms with Gasteiger partial charge in [-0.2, -0.15) is 4.31 Å². The zero-order valence-electron chi connectivity index (χ0n) is 14.6. The van der Waals surface area contributed by atoms with Crippen LogP contribution in [-0.2, 0) is 19.6 Å². The molecule has 9 nitrogen and oxygen atoms in total. The number of carboxylic acids is 1. The van der Waals surface area contributed by atoms with Crippen molar-refractivity contribution in [3.63, 3.8) is 0 Å². The lowest BCUT2D eigenvalue weighted by atomic mass is 10.0. The SMILES string of the molecule is O=C1CN(S(=O)(=O)c2ccc(C(=O)N3CCCC[C@@H]3C(=O)O)cc2)CCN1. The third-order valence-corrected chi connectivity index (χ3v) is 6.65. The number of hydrogen-bond donors (Lipinski definition) is 2.